The molecule has 0 N–H and O–H groups in total. The van der Waals surface area contributed by atoms with Gasteiger partial charge in [-0.3, -0.25) is 0 Å². The lowest BCUT2D eigenvalue weighted by Crippen LogP contribution is -2.27. The van der Waals surface area contributed by atoms with E-state index in [2.05, 4.69) is 13.8 Å². The van der Waals surface area contributed by atoms with E-state index in [1.54, 1.807) is 0 Å². The number of esters is 4. The summed E-state index contributed by atoms with van der Waals surface area (Å²) in [6.45, 7) is 4.35. The molecule has 8 nitrogen and oxygen atoms in total. The summed E-state index contributed by atoms with van der Waals surface area (Å²) in [5, 5.41) is -1.47. The molecule has 254 valence electrons. The van der Waals surface area contributed by atoms with E-state index in [0.717, 1.165) is 76.3 Å². The fraction of sp³-hybridized carbons (Fsp3) is 0.500. The highest BCUT2D eigenvalue weighted by Crippen LogP contribution is 2.41. The molecule has 0 spiro atoms. The van der Waals surface area contributed by atoms with Gasteiger partial charge < -0.3 is 18.9 Å². The van der Waals surface area contributed by atoms with Crippen LogP contribution in [0.5, 0.6) is 11.5 Å². The van der Waals surface area contributed by atoms with Gasteiger partial charge in [-0.25, -0.2) is 19.2 Å². The molecule has 2 aromatic carbocycles. The summed E-state index contributed by atoms with van der Waals surface area (Å²) in [5.74, 6) is -6.38. The first-order valence-electron chi connectivity index (χ1n) is 15.1. The third kappa shape index (κ3) is 12.3. The predicted octanol–water partition coefficient (Wildman–Crippen LogP) is 11.2. The quantitative estimate of drug-likeness (QED) is 0.0486. The number of rotatable bonds is 18. The zero-order valence-corrected chi connectivity index (χ0v) is 30.1. The van der Waals surface area contributed by atoms with E-state index < -0.39 is 46.5 Å². The maximum atomic E-state index is 12.9. The number of unbranched alkanes of at least 4 members (excludes halogenated alkanes) is 10. The number of benzene rings is 2. The fourth-order valence-electron chi connectivity index (χ4n) is 4.23. The molecule has 2 aromatic rings. The van der Waals surface area contributed by atoms with E-state index >= 15 is 0 Å². The molecule has 0 fully saturated rings. The molecule has 0 atom stereocenters. The van der Waals surface area contributed by atoms with Crippen LogP contribution < -0.4 is 9.47 Å². The Morgan fingerprint density at radius 3 is 1.17 bits per heavy atom. The van der Waals surface area contributed by atoms with Crippen LogP contribution in [0.1, 0.15) is 112 Å². The summed E-state index contributed by atoms with van der Waals surface area (Å²) >= 11 is 37.2. The summed E-state index contributed by atoms with van der Waals surface area (Å²) in [7, 11) is 0. The average Bonchev–Trinajstić information content (AvgIpc) is 3.01. The van der Waals surface area contributed by atoms with Crippen molar-refractivity contribution in [2.75, 3.05) is 13.2 Å². The van der Waals surface area contributed by atoms with E-state index in [9.17, 15) is 19.2 Å². The Hall–Kier alpha value is -1.94. The Morgan fingerprint density at radius 1 is 0.500 bits per heavy atom. The van der Waals surface area contributed by atoms with Gasteiger partial charge in [0.2, 0.25) is 0 Å². The number of hydrogen-bond donors (Lipinski definition) is 0. The molecule has 0 saturated heterocycles. The summed E-state index contributed by atoms with van der Waals surface area (Å²) in [6.07, 6.45) is 11.4. The first-order chi connectivity index (χ1) is 21.9. The van der Waals surface area contributed by atoms with E-state index in [1.165, 1.54) is 0 Å². The van der Waals surface area contributed by atoms with Crippen LogP contribution in [0, 0.1) is 0 Å². The Kier molecular flexibility index (Phi) is 18.5. The molecule has 0 aliphatic heterocycles. The maximum absolute atomic E-state index is 12.9. The molecule has 0 heterocycles. The number of halogens is 6. The van der Waals surface area contributed by atoms with Crippen molar-refractivity contribution in [1.82, 2.24) is 0 Å². The second-order valence-corrected chi connectivity index (χ2v) is 12.7. The van der Waals surface area contributed by atoms with Crippen LogP contribution in [0.3, 0.4) is 0 Å². The van der Waals surface area contributed by atoms with Crippen LogP contribution in [-0.2, 0) is 19.1 Å². The number of carbonyl (C=O) groups is 4. The van der Waals surface area contributed by atoms with Gasteiger partial charge in [0.1, 0.15) is 11.1 Å². The summed E-state index contributed by atoms with van der Waals surface area (Å²) in [4.78, 5) is 51.7. The molecule has 0 aliphatic carbocycles. The van der Waals surface area contributed by atoms with Crippen LogP contribution in [-0.4, -0.2) is 37.1 Å². The Balaban J connectivity index is 2.19. The minimum atomic E-state index is -1.64. The van der Waals surface area contributed by atoms with Gasteiger partial charge in [0.25, 0.3) is 0 Å². The lowest BCUT2D eigenvalue weighted by molar-refractivity contribution is -0.156. The molecule has 0 bridgehead atoms. The predicted molar refractivity (Wildman–Crippen MR) is 182 cm³/mol. The third-order valence-electron chi connectivity index (χ3n) is 6.68. The van der Waals surface area contributed by atoms with Crippen molar-refractivity contribution in [1.29, 1.82) is 0 Å². The SMILES string of the molecule is CCCCCCCCOC(=O)c1c(Cl)c(Cl)cc(Cl)c1OC(=O)C(=O)Oc1c(Cl)cc(Cl)c(Cl)c1C(=O)OCCCCCCCC. The molecule has 0 radical (unpaired) electrons. The smallest absolute Gasteiger partial charge is 0.423 e. The zero-order valence-electron chi connectivity index (χ0n) is 25.6. The highest BCUT2D eigenvalue weighted by molar-refractivity contribution is 6.47. The normalized spacial score (nSPS) is 10.9. The van der Waals surface area contributed by atoms with Crippen LogP contribution in [0.15, 0.2) is 12.1 Å². The summed E-state index contributed by atoms with van der Waals surface area (Å²) in [6, 6.07) is 2.25. The molecule has 0 aliphatic rings. The Bertz CT molecular complexity index is 1280. The summed E-state index contributed by atoms with van der Waals surface area (Å²) < 4.78 is 20.9. The number of carbonyl (C=O) groups excluding carboxylic acids is 4. The molecule has 46 heavy (non-hydrogen) atoms. The zero-order chi connectivity index (χ0) is 34.2. The first kappa shape index (κ1) is 40.2. The van der Waals surface area contributed by atoms with E-state index in [4.69, 9.17) is 88.6 Å². The number of hydrogen-bond acceptors (Lipinski definition) is 8. The van der Waals surface area contributed by atoms with E-state index in [0.29, 0.717) is 12.8 Å². The minimum absolute atomic E-state index is 0.0639. The molecule has 2 rings (SSSR count). The van der Waals surface area contributed by atoms with Gasteiger partial charge in [0.05, 0.1) is 43.3 Å². The van der Waals surface area contributed by atoms with Crippen molar-refractivity contribution in [3.8, 4) is 11.5 Å². The first-order valence-corrected chi connectivity index (χ1v) is 17.3. The lowest BCUT2D eigenvalue weighted by Gasteiger charge is -2.15. The monoisotopic (exact) mass is 758 g/mol. The van der Waals surface area contributed by atoms with Crippen LogP contribution in [0.4, 0.5) is 0 Å². The molecule has 0 amide bonds. The van der Waals surface area contributed by atoms with E-state index in [1.807, 2.05) is 0 Å². The largest absolute Gasteiger partial charge is 0.462 e. The van der Waals surface area contributed by atoms with E-state index in [-0.39, 0.29) is 43.3 Å². The highest BCUT2D eigenvalue weighted by atomic mass is 35.5. The molecule has 0 saturated carbocycles. The van der Waals surface area contributed by atoms with Crippen LogP contribution in [0.2, 0.25) is 30.1 Å². The van der Waals surface area contributed by atoms with Crippen molar-refractivity contribution >= 4 is 93.5 Å². The fourth-order valence-corrected chi connectivity index (χ4v) is 5.67. The van der Waals surface area contributed by atoms with Crippen LogP contribution >= 0.6 is 69.6 Å². The maximum Gasteiger partial charge on any atom is 0.423 e. The van der Waals surface area contributed by atoms with Gasteiger partial charge in [-0.15, -0.1) is 0 Å². The van der Waals surface area contributed by atoms with Crippen LogP contribution in [0.25, 0.3) is 0 Å². The van der Waals surface area contributed by atoms with Crippen molar-refractivity contribution in [2.24, 2.45) is 0 Å². The Morgan fingerprint density at radius 2 is 0.826 bits per heavy atom. The minimum Gasteiger partial charge on any atom is -0.462 e. The Labute approximate surface area is 299 Å². The van der Waals surface area contributed by atoms with Gasteiger partial charge >= 0.3 is 23.9 Å². The van der Waals surface area contributed by atoms with Crippen molar-refractivity contribution in [3.63, 3.8) is 0 Å². The van der Waals surface area contributed by atoms with Gasteiger partial charge in [-0.2, -0.15) is 0 Å². The summed E-state index contributed by atoms with van der Waals surface area (Å²) in [5.41, 5.74) is -0.921. The van der Waals surface area contributed by atoms with Gasteiger partial charge in [-0.1, -0.05) is 148 Å². The molecule has 0 aromatic heterocycles. The van der Waals surface area contributed by atoms with Gasteiger partial charge in [0, 0.05) is 0 Å². The molecule has 0 unspecified atom stereocenters. The van der Waals surface area contributed by atoms with Crippen molar-refractivity contribution in [2.45, 2.75) is 90.9 Å². The second-order valence-electron chi connectivity index (χ2n) is 10.3. The average molecular weight is 761 g/mol. The van der Waals surface area contributed by atoms with Gasteiger partial charge in [0.15, 0.2) is 11.5 Å². The lowest BCUT2D eigenvalue weighted by atomic mass is 10.1. The molecule has 14 heteroatoms. The van der Waals surface area contributed by atoms with Crippen molar-refractivity contribution in [3.05, 3.63) is 53.4 Å². The van der Waals surface area contributed by atoms with Gasteiger partial charge in [-0.05, 0) is 25.0 Å². The highest BCUT2D eigenvalue weighted by Gasteiger charge is 2.32. The third-order valence-corrected chi connectivity index (χ3v) is 8.82. The molecular formula is C32H36Cl6O8. The molecular weight excluding hydrogens is 725 g/mol. The number of ether oxygens (including phenoxy) is 4. The topological polar surface area (TPSA) is 105 Å². The second kappa shape index (κ2) is 21.1. The standard InChI is InChI=1S/C32H36Cl6O8/c1-3-5-7-9-11-13-15-43-29(39)23-25(37)19(33)17-21(35)27(23)45-31(41)32(42)46-28-22(36)18-20(34)26(38)24(28)30(40)44-16-14-12-10-8-6-4-2/h17-18H,3-16H2,1-2H3. The van der Waals surface area contributed by atoms with Crippen molar-refractivity contribution < 1.29 is 38.1 Å².